The van der Waals surface area contributed by atoms with Gasteiger partial charge in [-0.05, 0) is 37.4 Å². The lowest BCUT2D eigenvalue weighted by atomic mass is 10.3. The van der Waals surface area contributed by atoms with Gasteiger partial charge in [-0.25, -0.2) is 0 Å². The molecule has 2 heterocycles. The van der Waals surface area contributed by atoms with Crippen molar-refractivity contribution in [2.24, 2.45) is 0 Å². The number of halogens is 1. The van der Waals surface area contributed by atoms with Gasteiger partial charge < -0.3 is 14.2 Å². The Morgan fingerprint density at radius 2 is 1.96 bits per heavy atom. The van der Waals surface area contributed by atoms with Gasteiger partial charge in [0.2, 0.25) is 0 Å². The molecule has 0 bridgehead atoms. The fourth-order valence-corrected chi connectivity index (χ4v) is 3.88. The summed E-state index contributed by atoms with van der Waals surface area (Å²) in [5, 5.41) is 0.547. The fourth-order valence-electron chi connectivity index (χ4n) is 2.56. The van der Waals surface area contributed by atoms with Crippen molar-refractivity contribution in [3.63, 3.8) is 0 Å². The quantitative estimate of drug-likeness (QED) is 0.834. The second-order valence-electron chi connectivity index (χ2n) is 5.81. The Balaban J connectivity index is 1.65. The second-order valence-corrected chi connectivity index (χ2v) is 7.70. The van der Waals surface area contributed by atoms with Crippen LogP contribution in [0, 0.1) is 0 Å². The molecule has 1 atom stereocenters. The topological polar surface area (TPSA) is 53.8 Å². The Morgan fingerprint density at radius 3 is 2.67 bits per heavy atom. The molecule has 2 aromatic rings. The maximum absolute atomic E-state index is 12.4. The van der Waals surface area contributed by atoms with Gasteiger partial charge in [0.25, 0.3) is 5.91 Å². The zero-order valence-corrected chi connectivity index (χ0v) is 15.0. The van der Waals surface area contributed by atoms with Crippen LogP contribution in [0.1, 0.15) is 16.3 Å². The van der Waals surface area contributed by atoms with Crippen molar-refractivity contribution in [3.05, 3.63) is 52.9 Å². The third-order valence-corrected chi connectivity index (χ3v) is 5.56. The third kappa shape index (κ3) is 4.06. The van der Waals surface area contributed by atoms with E-state index < -0.39 is 10.8 Å². The van der Waals surface area contributed by atoms with Crippen molar-refractivity contribution < 1.29 is 13.4 Å². The number of carbonyl (C=O) groups excluding carboxylic acids is 1. The first kappa shape index (κ1) is 17.2. The number of furan rings is 1. The van der Waals surface area contributed by atoms with Crippen molar-refractivity contribution in [2.75, 3.05) is 33.2 Å². The smallest absolute Gasteiger partial charge is 0.289 e. The van der Waals surface area contributed by atoms with Crippen LogP contribution < -0.4 is 0 Å². The van der Waals surface area contributed by atoms with Crippen molar-refractivity contribution in [2.45, 2.75) is 10.6 Å². The van der Waals surface area contributed by atoms with E-state index in [0.717, 1.165) is 13.1 Å². The molecule has 1 aromatic heterocycles. The maximum atomic E-state index is 12.4. The first-order chi connectivity index (χ1) is 11.5. The molecule has 0 saturated carbocycles. The molecule has 5 nitrogen and oxygen atoms in total. The lowest BCUT2D eigenvalue weighted by Crippen LogP contribution is -2.47. The molecule has 0 aliphatic carbocycles. The molecule has 3 rings (SSSR count). The molecular weight excluding hydrogens is 348 g/mol. The molecule has 0 radical (unpaired) electrons. The number of carbonyl (C=O) groups is 1. The number of amides is 1. The largest absolute Gasteiger partial charge is 0.455 e. The van der Waals surface area contributed by atoms with Crippen LogP contribution in [0.4, 0.5) is 0 Å². The van der Waals surface area contributed by atoms with Crippen LogP contribution in [0.25, 0.3) is 0 Å². The van der Waals surface area contributed by atoms with Crippen LogP contribution in [-0.4, -0.2) is 53.1 Å². The van der Waals surface area contributed by atoms with Gasteiger partial charge >= 0.3 is 0 Å². The van der Waals surface area contributed by atoms with E-state index in [1.165, 1.54) is 0 Å². The van der Waals surface area contributed by atoms with Gasteiger partial charge in [-0.15, -0.1) is 0 Å². The van der Waals surface area contributed by atoms with Crippen LogP contribution in [0.15, 0.2) is 45.7 Å². The summed E-state index contributed by atoms with van der Waals surface area (Å²) in [5.41, 5.74) is 0. The predicted molar refractivity (Wildman–Crippen MR) is 93.7 cm³/mol. The van der Waals surface area contributed by atoms with E-state index >= 15 is 0 Å². The van der Waals surface area contributed by atoms with Gasteiger partial charge in [0.15, 0.2) is 5.76 Å². The highest BCUT2D eigenvalue weighted by atomic mass is 35.5. The van der Waals surface area contributed by atoms with Crippen LogP contribution in [0.5, 0.6) is 0 Å². The van der Waals surface area contributed by atoms with E-state index in [9.17, 15) is 9.00 Å². The maximum Gasteiger partial charge on any atom is 0.289 e. The Labute approximate surface area is 148 Å². The summed E-state index contributed by atoms with van der Waals surface area (Å²) < 4.78 is 18.0. The number of benzene rings is 1. The zero-order chi connectivity index (χ0) is 17.1. The Morgan fingerprint density at radius 1 is 1.21 bits per heavy atom. The minimum absolute atomic E-state index is 0.108. The van der Waals surface area contributed by atoms with Crippen molar-refractivity contribution in [1.29, 1.82) is 0 Å². The van der Waals surface area contributed by atoms with Gasteiger partial charge in [-0.1, -0.05) is 17.7 Å². The Kier molecular flexibility index (Phi) is 5.38. The zero-order valence-electron chi connectivity index (χ0n) is 13.4. The summed E-state index contributed by atoms with van der Waals surface area (Å²) >= 11 is 5.92. The average molecular weight is 367 g/mol. The summed E-state index contributed by atoms with van der Waals surface area (Å²) in [6.07, 6.45) is 0. The molecule has 128 valence electrons. The number of nitrogens with zero attached hydrogens (tertiary/aromatic N) is 2. The number of likely N-dealkylation sites (N-methyl/N-ethyl adjacent to an activating group) is 1. The van der Waals surface area contributed by atoms with E-state index in [4.69, 9.17) is 16.0 Å². The monoisotopic (exact) mass is 366 g/mol. The molecule has 1 aliphatic rings. The van der Waals surface area contributed by atoms with Crippen LogP contribution >= 0.6 is 11.6 Å². The Bertz CT molecular complexity index is 754. The van der Waals surface area contributed by atoms with Crippen LogP contribution in [0.2, 0.25) is 5.02 Å². The van der Waals surface area contributed by atoms with Gasteiger partial charge in [0.05, 0.1) is 16.6 Å². The lowest BCUT2D eigenvalue weighted by Gasteiger charge is -2.31. The standard InChI is InChI=1S/C17H19ClN2O3S/c1-19-7-9-20(10-8-19)17(21)16-6-5-14(23-16)12-24(22)15-4-2-3-13(18)11-15/h2-6,11H,7-10,12H2,1H3. The normalized spacial score (nSPS) is 17.0. The summed E-state index contributed by atoms with van der Waals surface area (Å²) in [7, 11) is 0.776. The molecule has 1 unspecified atom stereocenters. The summed E-state index contributed by atoms with van der Waals surface area (Å²) in [6.45, 7) is 3.11. The van der Waals surface area contributed by atoms with Gasteiger partial charge in [0.1, 0.15) is 5.76 Å². The SMILES string of the molecule is CN1CCN(C(=O)c2ccc(CS(=O)c3cccc(Cl)c3)o2)CC1. The lowest BCUT2D eigenvalue weighted by molar-refractivity contribution is 0.0631. The predicted octanol–water partition coefficient (Wildman–Crippen LogP) is 2.63. The summed E-state index contributed by atoms with van der Waals surface area (Å²) in [5.74, 6) is 0.947. The van der Waals surface area contributed by atoms with Crippen LogP contribution in [0.3, 0.4) is 0 Å². The van der Waals surface area contributed by atoms with Gasteiger partial charge in [-0.2, -0.15) is 0 Å². The molecule has 1 fully saturated rings. The van der Waals surface area contributed by atoms with Crippen molar-refractivity contribution >= 4 is 28.3 Å². The molecule has 1 aromatic carbocycles. The number of hydrogen-bond donors (Lipinski definition) is 0. The molecule has 0 spiro atoms. The highest BCUT2D eigenvalue weighted by Crippen LogP contribution is 2.19. The fraction of sp³-hybridized carbons (Fsp3) is 0.353. The van der Waals surface area contributed by atoms with Gasteiger partial charge in [-0.3, -0.25) is 9.00 Å². The molecule has 7 heteroatoms. The van der Waals surface area contributed by atoms with Crippen LogP contribution in [-0.2, 0) is 16.6 Å². The highest BCUT2D eigenvalue weighted by Gasteiger charge is 2.23. The van der Waals surface area contributed by atoms with Crippen molar-refractivity contribution in [1.82, 2.24) is 9.80 Å². The number of hydrogen-bond acceptors (Lipinski definition) is 4. The summed E-state index contributed by atoms with van der Waals surface area (Å²) in [4.78, 5) is 17.1. The van der Waals surface area contributed by atoms with E-state index in [1.807, 2.05) is 7.05 Å². The second kappa shape index (κ2) is 7.51. The first-order valence-corrected chi connectivity index (χ1v) is 9.43. The minimum Gasteiger partial charge on any atom is -0.455 e. The minimum atomic E-state index is -1.26. The molecule has 1 amide bonds. The average Bonchev–Trinajstić information content (AvgIpc) is 3.03. The van der Waals surface area contributed by atoms with E-state index in [-0.39, 0.29) is 11.7 Å². The third-order valence-electron chi connectivity index (χ3n) is 4.00. The molecular formula is C17H19ClN2O3S. The molecule has 0 N–H and O–H groups in total. The molecule has 1 aliphatic heterocycles. The van der Waals surface area contributed by atoms with Crippen molar-refractivity contribution in [3.8, 4) is 0 Å². The van der Waals surface area contributed by atoms with E-state index in [1.54, 1.807) is 41.3 Å². The molecule has 24 heavy (non-hydrogen) atoms. The van der Waals surface area contributed by atoms with E-state index in [0.29, 0.717) is 34.5 Å². The Hall–Kier alpha value is -1.63. The first-order valence-electron chi connectivity index (χ1n) is 7.73. The molecule has 1 saturated heterocycles. The van der Waals surface area contributed by atoms with Gasteiger partial charge in [0, 0.05) is 36.1 Å². The van der Waals surface area contributed by atoms with E-state index in [2.05, 4.69) is 4.90 Å². The summed E-state index contributed by atoms with van der Waals surface area (Å²) in [6, 6.07) is 10.3. The highest BCUT2D eigenvalue weighted by molar-refractivity contribution is 7.84. The number of rotatable bonds is 4. The number of piperazine rings is 1.